The van der Waals surface area contributed by atoms with Crippen molar-refractivity contribution < 1.29 is 14.7 Å². The van der Waals surface area contributed by atoms with Crippen LogP contribution in [0.2, 0.25) is 0 Å². The standard InChI is InChI=1S/C14H18N2O3/c1-9-8-11(14(18)19)2-3-12(9)16-13(17)10-4-6-15-7-5-10/h2-3,8,10,15H,4-7H2,1H3,(H,16,17)(H,18,19). The zero-order valence-corrected chi connectivity index (χ0v) is 10.9. The quantitative estimate of drug-likeness (QED) is 0.773. The van der Waals surface area contributed by atoms with Gasteiger partial charge in [0.2, 0.25) is 5.91 Å². The van der Waals surface area contributed by atoms with Crippen LogP contribution in [0.25, 0.3) is 0 Å². The summed E-state index contributed by atoms with van der Waals surface area (Å²) in [6.45, 7) is 3.54. The second kappa shape index (κ2) is 5.84. The first-order valence-electron chi connectivity index (χ1n) is 6.43. The summed E-state index contributed by atoms with van der Waals surface area (Å²) in [5.41, 5.74) is 1.69. The number of hydrogen-bond acceptors (Lipinski definition) is 3. The van der Waals surface area contributed by atoms with Gasteiger partial charge in [-0.1, -0.05) is 0 Å². The molecule has 1 fully saturated rings. The maximum Gasteiger partial charge on any atom is 0.335 e. The monoisotopic (exact) mass is 262 g/mol. The Kier molecular flexibility index (Phi) is 4.16. The van der Waals surface area contributed by atoms with E-state index in [0.29, 0.717) is 5.69 Å². The Bertz CT molecular complexity index is 493. The number of nitrogens with one attached hydrogen (secondary N) is 2. The van der Waals surface area contributed by atoms with Gasteiger partial charge in [-0.15, -0.1) is 0 Å². The Morgan fingerprint density at radius 1 is 1.32 bits per heavy atom. The maximum atomic E-state index is 12.1. The molecule has 0 aromatic heterocycles. The summed E-state index contributed by atoms with van der Waals surface area (Å²) in [5, 5.41) is 15.0. The lowest BCUT2D eigenvalue weighted by molar-refractivity contribution is -0.120. The van der Waals surface area contributed by atoms with E-state index in [1.807, 2.05) is 0 Å². The van der Waals surface area contributed by atoms with Gasteiger partial charge in [0.05, 0.1) is 5.56 Å². The Hall–Kier alpha value is -1.88. The number of rotatable bonds is 3. The van der Waals surface area contributed by atoms with Crippen molar-refractivity contribution in [3.63, 3.8) is 0 Å². The summed E-state index contributed by atoms with van der Waals surface area (Å²) >= 11 is 0. The number of piperidine rings is 1. The van der Waals surface area contributed by atoms with Crippen molar-refractivity contribution in [3.8, 4) is 0 Å². The number of aryl methyl sites for hydroxylation is 1. The molecule has 102 valence electrons. The summed E-state index contributed by atoms with van der Waals surface area (Å²) < 4.78 is 0. The van der Waals surface area contributed by atoms with Crippen LogP contribution in [-0.2, 0) is 4.79 Å². The van der Waals surface area contributed by atoms with Gasteiger partial charge in [-0.25, -0.2) is 4.79 Å². The average molecular weight is 262 g/mol. The minimum atomic E-state index is -0.959. The van der Waals surface area contributed by atoms with Gasteiger partial charge in [0.1, 0.15) is 0 Å². The highest BCUT2D eigenvalue weighted by Gasteiger charge is 2.21. The van der Waals surface area contributed by atoms with E-state index in [1.165, 1.54) is 6.07 Å². The molecule has 0 unspecified atom stereocenters. The summed E-state index contributed by atoms with van der Waals surface area (Å²) in [7, 11) is 0. The molecule has 0 bridgehead atoms. The van der Waals surface area contributed by atoms with Crippen molar-refractivity contribution >= 4 is 17.6 Å². The van der Waals surface area contributed by atoms with Crippen LogP contribution in [0, 0.1) is 12.8 Å². The Morgan fingerprint density at radius 2 is 2.00 bits per heavy atom. The fourth-order valence-corrected chi connectivity index (χ4v) is 2.26. The summed E-state index contributed by atoms with van der Waals surface area (Å²) in [6, 6.07) is 4.73. The van der Waals surface area contributed by atoms with E-state index in [-0.39, 0.29) is 17.4 Å². The SMILES string of the molecule is Cc1cc(C(=O)O)ccc1NC(=O)C1CCNCC1. The zero-order chi connectivity index (χ0) is 13.8. The van der Waals surface area contributed by atoms with E-state index in [4.69, 9.17) is 5.11 Å². The molecule has 1 heterocycles. The summed E-state index contributed by atoms with van der Waals surface area (Å²) in [6.07, 6.45) is 1.69. The van der Waals surface area contributed by atoms with E-state index in [2.05, 4.69) is 10.6 Å². The third-order valence-electron chi connectivity index (χ3n) is 3.44. The van der Waals surface area contributed by atoms with Crippen molar-refractivity contribution in [1.82, 2.24) is 5.32 Å². The van der Waals surface area contributed by atoms with Crippen LogP contribution in [0.5, 0.6) is 0 Å². The number of benzene rings is 1. The fraction of sp³-hybridized carbons (Fsp3) is 0.429. The van der Waals surface area contributed by atoms with Crippen LogP contribution in [-0.4, -0.2) is 30.1 Å². The highest BCUT2D eigenvalue weighted by molar-refractivity contribution is 5.94. The van der Waals surface area contributed by atoms with Crippen LogP contribution in [0.4, 0.5) is 5.69 Å². The number of aromatic carboxylic acids is 1. The smallest absolute Gasteiger partial charge is 0.335 e. The van der Waals surface area contributed by atoms with Crippen molar-refractivity contribution in [2.75, 3.05) is 18.4 Å². The molecule has 1 aliphatic heterocycles. The van der Waals surface area contributed by atoms with E-state index in [0.717, 1.165) is 31.5 Å². The Balaban J connectivity index is 2.06. The summed E-state index contributed by atoms with van der Waals surface area (Å²) in [4.78, 5) is 22.9. The van der Waals surface area contributed by atoms with E-state index >= 15 is 0 Å². The van der Waals surface area contributed by atoms with Crippen LogP contribution in [0.3, 0.4) is 0 Å². The molecule has 1 saturated heterocycles. The van der Waals surface area contributed by atoms with Gasteiger partial charge < -0.3 is 15.7 Å². The molecule has 1 amide bonds. The van der Waals surface area contributed by atoms with Crippen molar-refractivity contribution in [2.24, 2.45) is 5.92 Å². The highest BCUT2D eigenvalue weighted by Crippen LogP contribution is 2.20. The first kappa shape index (κ1) is 13.5. The van der Waals surface area contributed by atoms with E-state index in [9.17, 15) is 9.59 Å². The zero-order valence-electron chi connectivity index (χ0n) is 10.9. The average Bonchev–Trinajstić information content (AvgIpc) is 2.41. The molecular weight excluding hydrogens is 244 g/mol. The van der Waals surface area contributed by atoms with Crippen LogP contribution in [0.1, 0.15) is 28.8 Å². The first-order valence-corrected chi connectivity index (χ1v) is 6.43. The molecule has 0 radical (unpaired) electrons. The number of carboxylic acids is 1. The molecule has 1 aromatic carbocycles. The molecule has 1 aromatic rings. The van der Waals surface area contributed by atoms with Crippen LogP contribution >= 0.6 is 0 Å². The number of carbonyl (C=O) groups is 2. The minimum Gasteiger partial charge on any atom is -0.478 e. The fourth-order valence-electron chi connectivity index (χ4n) is 2.26. The Morgan fingerprint density at radius 3 is 2.58 bits per heavy atom. The molecule has 0 aliphatic carbocycles. The van der Waals surface area contributed by atoms with Gasteiger partial charge in [0.25, 0.3) is 0 Å². The van der Waals surface area contributed by atoms with Gasteiger partial charge in [-0.3, -0.25) is 4.79 Å². The second-order valence-corrected chi connectivity index (χ2v) is 4.85. The lowest BCUT2D eigenvalue weighted by Gasteiger charge is -2.22. The molecule has 3 N–H and O–H groups in total. The third kappa shape index (κ3) is 3.32. The number of hydrogen-bond donors (Lipinski definition) is 3. The van der Waals surface area contributed by atoms with Crippen LogP contribution < -0.4 is 10.6 Å². The third-order valence-corrected chi connectivity index (χ3v) is 3.44. The molecule has 1 aliphatic rings. The minimum absolute atomic E-state index is 0.0210. The molecule has 5 heteroatoms. The largest absolute Gasteiger partial charge is 0.478 e. The highest BCUT2D eigenvalue weighted by atomic mass is 16.4. The molecule has 19 heavy (non-hydrogen) atoms. The maximum absolute atomic E-state index is 12.1. The van der Waals surface area contributed by atoms with E-state index < -0.39 is 5.97 Å². The van der Waals surface area contributed by atoms with Crippen LogP contribution in [0.15, 0.2) is 18.2 Å². The predicted molar refractivity (Wildman–Crippen MR) is 72.4 cm³/mol. The van der Waals surface area contributed by atoms with Crippen molar-refractivity contribution in [2.45, 2.75) is 19.8 Å². The molecule has 0 atom stereocenters. The molecule has 0 spiro atoms. The first-order chi connectivity index (χ1) is 9.08. The lowest BCUT2D eigenvalue weighted by Crippen LogP contribution is -2.34. The van der Waals surface area contributed by atoms with Gasteiger partial charge in [0, 0.05) is 11.6 Å². The lowest BCUT2D eigenvalue weighted by atomic mass is 9.97. The number of anilines is 1. The molecular formula is C14H18N2O3. The van der Waals surface area contributed by atoms with Gasteiger partial charge in [-0.05, 0) is 56.6 Å². The molecule has 0 saturated carbocycles. The molecule has 5 nitrogen and oxygen atoms in total. The van der Waals surface area contributed by atoms with E-state index in [1.54, 1.807) is 19.1 Å². The van der Waals surface area contributed by atoms with Gasteiger partial charge in [0.15, 0.2) is 0 Å². The Labute approximate surface area is 112 Å². The van der Waals surface area contributed by atoms with Gasteiger partial charge in [-0.2, -0.15) is 0 Å². The van der Waals surface area contributed by atoms with Gasteiger partial charge >= 0.3 is 5.97 Å². The van der Waals surface area contributed by atoms with Crippen molar-refractivity contribution in [3.05, 3.63) is 29.3 Å². The number of carboxylic acid groups (broad SMARTS) is 1. The summed E-state index contributed by atoms with van der Waals surface area (Å²) in [5.74, 6) is -0.896. The second-order valence-electron chi connectivity index (χ2n) is 4.85. The van der Waals surface area contributed by atoms with Crippen molar-refractivity contribution in [1.29, 1.82) is 0 Å². The predicted octanol–water partition coefficient (Wildman–Crippen LogP) is 1.63. The topological polar surface area (TPSA) is 78.4 Å². The molecule has 2 rings (SSSR count). The number of carbonyl (C=O) groups excluding carboxylic acids is 1. The normalized spacial score (nSPS) is 16.1. The number of amides is 1.